The van der Waals surface area contributed by atoms with Gasteiger partial charge >= 0.3 is 0 Å². The first-order valence-corrected chi connectivity index (χ1v) is 6.43. The quantitative estimate of drug-likeness (QED) is 0.897. The maximum absolute atomic E-state index is 14.0. The topological polar surface area (TPSA) is 21.3 Å². The Kier molecular flexibility index (Phi) is 4.35. The number of rotatable bonds is 4. The number of aryl methyl sites for hydroxylation is 1. The van der Waals surface area contributed by atoms with Crippen LogP contribution in [0.3, 0.4) is 0 Å². The van der Waals surface area contributed by atoms with Crippen molar-refractivity contribution in [3.05, 3.63) is 59.2 Å². The van der Waals surface area contributed by atoms with E-state index in [0.29, 0.717) is 16.9 Å². The molecule has 0 aliphatic carbocycles. The first-order chi connectivity index (χ1) is 9.54. The van der Waals surface area contributed by atoms with Gasteiger partial charge in [0, 0.05) is 11.6 Å². The molecule has 1 atom stereocenters. The lowest BCUT2D eigenvalue weighted by atomic mass is 10.1. The smallest absolute Gasteiger partial charge is 0.168 e. The molecule has 0 spiro atoms. The monoisotopic (exact) mass is 277 g/mol. The summed E-state index contributed by atoms with van der Waals surface area (Å²) in [6.07, 6.45) is 0. The minimum Gasteiger partial charge on any atom is -0.454 e. The molecule has 0 heterocycles. The second-order valence-corrected chi connectivity index (χ2v) is 4.65. The minimum atomic E-state index is -0.431. The molecule has 0 saturated heterocycles. The second kappa shape index (κ2) is 6.01. The Morgan fingerprint density at radius 1 is 1.05 bits per heavy atom. The lowest BCUT2D eigenvalue weighted by Gasteiger charge is -2.17. The molecule has 0 radical (unpaired) electrons. The SMILES string of the molecule is CNC(C)c1c(F)cccc1Oc1cccc(C)c1F. The van der Waals surface area contributed by atoms with E-state index < -0.39 is 5.82 Å². The van der Waals surface area contributed by atoms with Crippen molar-refractivity contribution < 1.29 is 13.5 Å². The zero-order valence-electron chi connectivity index (χ0n) is 11.7. The number of halogens is 2. The highest BCUT2D eigenvalue weighted by Crippen LogP contribution is 2.33. The van der Waals surface area contributed by atoms with Crippen LogP contribution < -0.4 is 10.1 Å². The van der Waals surface area contributed by atoms with E-state index in [2.05, 4.69) is 5.32 Å². The van der Waals surface area contributed by atoms with E-state index >= 15 is 0 Å². The predicted molar refractivity (Wildman–Crippen MR) is 75.1 cm³/mol. The summed E-state index contributed by atoms with van der Waals surface area (Å²) in [5, 5.41) is 2.96. The zero-order chi connectivity index (χ0) is 14.7. The molecule has 2 nitrogen and oxygen atoms in total. The molecule has 0 aliphatic rings. The molecule has 0 aliphatic heterocycles. The highest BCUT2D eigenvalue weighted by molar-refractivity contribution is 5.41. The predicted octanol–water partition coefficient (Wildman–Crippen LogP) is 4.35. The molecule has 2 aromatic rings. The van der Waals surface area contributed by atoms with E-state index in [0.717, 1.165) is 0 Å². The third-order valence-corrected chi connectivity index (χ3v) is 3.26. The Balaban J connectivity index is 2.43. The molecule has 2 rings (SSSR count). The third-order valence-electron chi connectivity index (χ3n) is 3.26. The maximum Gasteiger partial charge on any atom is 0.168 e. The van der Waals surface area contributed by atoms with Crippen LogP contribution in [0.2, 0.25) is 0 Å². The summed E-state index contributed by atoms with van der Waals surface area (Å²) in [5.41, 5.74) is 0.873. The molecule has 1 N–H and O–H groups in total. The van der Waals surface area contributed by atoms with Crippen LogP contribution in [0.4, 0.5) is 8.78 Å². The van der Waals surface area contributed by atoms with Gasteiger partial charge in [0.15, 0.2) is 11.6 Å². The molecular weight excluding hydrogens is 260 g/mol. The lowest BCUT2D eigenvalue weighted by Crippen LogP contribution is -2.15. The summed E-state index contributed by atoms with van der Waals surface area (Å²) in [6, 6.07) is 9.19. The molecule has 106 valence electrons. The largest absolute Gasteiger partial charge is 0.454 e. The molecule has 0 amide bonds. The summed E-state index contributed by atoms with van der Waals surface area (Å²) >= 11 is 0. The van der Waals surface area contributed by atoms with E-state index in [1.165, 1.54) is 12.1 Å². The number of ether oxygens (including phenoxy) is 1. The van der Waals surface area contributed by atoms with Gasteiger partial charge in [-0.2, -0.15) is 0 Å². The highest BCUT2D eigenvalue weighted by Gasteiger charge is 2.17. The van der Waals surface area contributed by atoms with Crippen molar-refractivity contribution in [1.29, 1.82) is 0 Å². The van der Waals surface area contributed by atoms with E-state index in [9.17, 15) is 8.78 Å². The summed E-state index contributed by atoms with van der Waals surface area (Å²) in [6.45, 7) is 3.47. The fraction of sp³-hybridized carbons (Fsp3) is 0.250. The molecule has 0 bridgehead atoms. The van der Waals surface area contributed by atoms with Gasteiger partial charge in [0.2, 0.25) is 0 Å². The van der Waals surface area contributed by atoms with Crippen LogP contribution >= 0.6 is 0 Å². The second-order valence-electron chi connectivity index (χ2n) is 4.65. The fourth-order valence-corrected chi connectivity index (χ4v) is 1.99. The van der Waals surface area contributed by atoms with Crippen LogP contribution in [-0.2, 0) is 0 Å². The number of hydrogen-bond donors (Lipinski definition) is 1. The van der Waals surface area contributed by atoms with Gasteiger partial charge < -0.3 is 10.1 Å². The van der Waals surface area contributed by atoms with E-state index in [1.807, 2.05) is 6.92 Å². The van der Waals surface area contributed by atoms with Crippen LogP contribution in [0.5, 0.6) is 11.5 Å². The maximum atomic E-state index is 14.0. The Morgan fingerprint density at radius 2 is 1.70 bits per heavy atom. The molecular formula is C16H17F2NO. The van der Waals surface area contributed by atoms with Crippen LogP contribution in [-0.4, -0.2) is 7.05 Å². The normalized spacial score (nSPS) is 12.2. The van der Waals surface area contributed by atoms with Crippen LogP contribution in [0.25, 0.3) is 0 Å². The van der Waals surface area contributed by atoms with Gasteiger partial charge in [-0.15, -0.1) is 0 Å². The first kappa shape index (κ1) is 14.5. The molecule has 0 saturated carbocycles. The third kappa shape index (κ3) is 2.80. The molecule has 1 unspecified atom stereocenters. The summed E-state index contributed by atoms with van der Waals surface area (Å²) in [7, 11) is 1.73. The van der Waals surface area contributed by atoms with Gasteiger partial charge in [-0.05, 0) is 44.7 Å². The Hall–Kier alpha value is -1.94. The Morgan fingerprint density at radius 3 is 2.40 bits per heavy atom. The number of nitrogens with one attached hydrogen (secondary N) is 1. The van der Waals surface area contributed by atoms with Gasteiger partial charge in [-0.1, -0.05) is 18.2 Å². The minimum absolute atomic E-state index is 0.0974. The van der Waals surface area contributed by atoms with Gasteiger partial charge in [-0.3, -0.25) is 0 Å². The lowest BCUT2D eigenvalue weighted by molar-refractivity contribution is 0.422. The van der Waals surface area contributed by atoms with Gasteiger partial charge in [0.25, 0.3) is 0 Å². The average Bonchev–Trinajstić information content (AvgIpc) is 2.43. The van der Waals surface area contributed by atoms with Crippen LogP contribution in [0.1, 0.15) is 24.1 Å². The first-order valence-electron chi connectivity index (χ1n) is 6.43. The van der Waals surface area contributed by atoms with E-state index in [4.69, 9.17) is 4.74 Å². The Bertz CT molecular complexity index is 613. The number of benzene rings is 2. The number of hydrogen-bond acceptors (Lipinski definition) is 2. The van der Waals surface area contributed by atoms with E-state index in [-0.39, 0.29) is 17.6 Å². The van der Waals surface area contributed by atoms with Crippen molar-refractivity contribution in [3.63, 3.8) is 0 Å². The van der Waals surface area contributed by atoms with Gasteiger partial charge in [0.1, 0.15) is 11.6 Å². The van der Waals surface area contributed by atoms with Crippen molar-refractivity contribution in [2.45, 2.75) is 19.9 Å². The summed E-state index contributed by atoms with van der Waals surface area (Å²) in [5.74, 6) is -0.395. The molecule has 0 fully saturated rings. The summed E-state index contributed by atoms with van der Waals surface area (Å²) in [4.78, 5) is 0. The van der Waals surface area contributed by atoms with Crippen molar-refractivity contribution in [2.75, 3.05) is 7.05 Å². The standard InChI is InChI=1S/C16H17F2NO/c1-10-6-4-9-14(16(10)18)20-13-8-5-7-12(17)15(13)11(2)19-3/h4-9,11,19H,1-3H3. The van der Waals surface area contributed by atoms with Crippen molar-refractivity contribution in [1.82, 2.24) is 5.32 Å². The van der Waals surface area contributed by atoms with E-state index in [1.54, 1.807) is 38.2 Å². The molecule has 0 aromatic heterocycles. The Labute approximate surface area is 117 Å². The van der Waals surface area contributed by atoms with Crippen molar-refractivity contribution in [3.8, 4) is 11.5 Å². The summed E-state index contributed by atoms with van der Waals surface area (Å²) < 4.78 is 33.5. The molecule has 2 aromatic carbocycles. The zero-order valence-corrected chi connectivity index (χ0v) is 11.7. The fourth-order valence-electron chi connectivity index (χ4n) is 1.99. The highest BCUT2D eigenvalue weighted by atomic mass is 19.1. The van der Waals surface area contributed by atoms with Crippen LogP contribution in [0.15, 0.2) is 36.4 Å². The molecule has 4 heteroatoms. The molecule has 20 heavy (non-hydrogen) atoms. The van der Waals surface area contributed by atoms with Gasteiger partial charge in [0.05, 0.1) is 0 Å². The average molecular weight is 277 g/mol. The van der Waals surface area contributed by atoms with Crippen molar-refractivity contribution in [2.24, 2.45) is 0 Å². The van der Waals surface area contributed by atoms with Gasteiger partial charge in [-0.25, -0.2) is 8.78 Å². The van der Waals surface area contributed by atoms with Crippen LogP contribution in [0, 0.1) is 18.6 Å². The van der Waals surface area contributed by atoms with Crippen molar-refractivity contribution >= 4 is 0 Å².